The molecule has 0 unspecified atom stereocenters. The molecule has 12 heteroatoms. The molecule has 3 aromatic heterocycles. The van der Waals surface area contributed by atoms with Gasteiger partial charge in [-0.3, -0.25) is 9.59 Å². The topological polar surface area (TPSA) is 163 Å². The Balaban J connectivity index is 1.87. The minimum absolute atomic E-state index is 0.186. The van der Waals surface area contributed by atoms with E-state index in [2.05, 4.69) is 9.97 Å². The van der Waals surface area contributed by atoms with Gasteiger partial charge in [0.25, 0.3) is 0 Å². The molecule has 0 aliphatic carbocycles. The average molecular weight is 735 g/mol. The van der Waals surface area contributed by atoms with Gasteiger partial charge in [0.15, 0.2) is 0 Å². The highest BCUT2D eigenvalue weighted by molar-refractivity contribution is 5.96. The van der Waals surface area contributed by atoms with Crippen LogP contribution in [0, 0.1) is 13.8 Å². The van der Waals surface area contributed by atoms with Crippen molar-refractivity contribution in [1.29, 1.82) is 0 Å². The summed E-state index contributed by atoms with van der Waals surface area (Å²) in [6.45, 7) is 8.01. The third kappa shape index (κ3) is 8.60. The summed E-state index contributed by atoms with van der Waals surface area (Å²) in [7, 11) is 5.42. The second-order valence-corrected chi connectivity index (χ2v) is 13.1. The molecule has 5 rings (SSSR count). The van der Waals surface area contributed by atoms with Crippen molar-refractivity contribution in [3.8, 4) is 0 Å². The Kier molecular flexibility index (Phi) is 12.5. The number of methoxy groups -OCH3 is 4. The minimum atomic E-state index is -0.455. The Labute approximate surface area is 314 Å². The van der Waals surface area contributed by atoms with Gasteiger partial charge in [-0.15, -0.1) is 0 Å². The lowest BCUT2D eigenvalue weighted by molar-refractivity contribution is -0.141. The maximum Gasteiger partial charge on any atom is 0.330 e. The van der Waals surface area contributed by atoms with Gasteiger partial charge < -0.3 is 28.9 Å². The number of rotatable bonds is 12. The molecule has 2 aliphatic heterocycles. The maximum absolute atomic E-state index is 12.3. The van der Waals surface area contributed by atoms with Crippen LogP contribution in [0.25, 0.3) is 44.4 Å². The molecule has 0 amide bonds. The fourth-order valence-corrected chi connectivity index (χ4v) is 6.72. The van der Waals surface area contributed by atoms with Gasteiger partial charge in [-0.1, -0.05) is 12.2 Å². The normalized spacial score (nSPS) is 12.9. The number of aromatic amines is 2. The number of fused-ring (bicyclic) bond motifs is 8. The highest BCUT2D eigenvalue weighted by atomic mass is 16.5. The summed E-state index contributed by atoms with van der Waals surface area (Å²) >= 11 is 0. The van der Waals surface area contributed by atoms with Crippen molar-refractivity contribution in [3.05, 3.63) is 93.6 Å². The van der Waals surface area contributed by atoms with Crippen LogP contribution in [0.15, 0.2) is 48.6 Å². The molecule has 54 heavy (non-hydrogen) atoms. The molecule has 2 aliphatic rings. The van der Waals surface area contributed by atoms with Gasteiger partial charge in [0.05, 0.1) is 51.2 Å². The number of hydrogen-bond donors (Lipinski definition) is 2. The lowest BCUT2D eigenvalue weighted by atomic mass is 10.00. The Hall–Kier alpha value is -6.04. The van der Waals surface area contributed by atoms with E-state index < -0.39 is 11.9 Å². The molecule has 0 saturated heterocycles. The predicted octanol–water partition coefficient (Wildman–Crippen LogP) is 7.24. The van der Waals surface area contributed by atoms with Crippen molar-refractivity contribution >= 4 is 68.2 Å². The Morgan fingerprint density at radius 3 is 1.39 bits per heavy atom. The first-order chi connectivity index (χ1) is 25.9. The van der Waals surface area contributed by atoms with E-state index in [1.54, 1.807) is 12.2 Å². The van der Waals surface area contributed by atoms with Crippen LogP contribution in [0.1, 0.15) is 84.6 Å². The van der Waals surface area contributed by atoms with E-state index in [4.69, 9.17) is 28.9 Å². The van der Waals surface area contributed by atoms with E-state index in [0.29, 0.717) is 42.8 Å². The molecule has 2 N–H and O–H groups in total. The molecule has 12 nitrogen and oxygen atoms in total. The summed E-state index contributed by atoms with van der Waals surface area (Å²) in [5.41, 5.74) is 13.6. The molecule has 0 fully saturated rings. The number of carbonyl (C=O) groups excluding carboxylic acids is 4. The molecule has 0 saturated carbocycles. The first kappa shape index (κ1) is 39.2. The van der Waals surface area contributed by atoms with Crippen molar-refractivity contribution in [1.82, 2.24) is 19.9 Å². The zero-order chi connectivity index (χ0) is 39.1. The van der Waals surface area contributed by atoms with E-state index in [-0.39, 0.29) is 24.8 Å². The smallest absolute Gasteiger partial charge is 0.330 e. The van der Waals surface area contributed by atoms with Crippen molar-refractivity contribution < 1.29 is 38.1 Å². The van der Waals surface area contributed by atoms with E-state index in [9.17, 15) is 19.2 Å². The van der Waals surface area contributed by atoms with E-state index in [1.165, 1.54) is 40.6 Å². The number of aromatic nitrogens is 4. The highest BCUT2D eigenvalue weighted by Gasteiger charge is 2.22. The van der Waals surface area contributed by atoms with Crippen LogP contribution >= 0.6 is 0 Å². The summed E-state index contributed by atoms with van der Waals surface area (Å²) < 4.78 is 19.6. The summed E-state index contributed by atoms with van der Waals surface area (Å²) in [4.78, 5) is 65.9. The fourth-order valence-electron chi connectivity index (χ4n) is 6.72. The van der Waals surface area contributed by atoms with Gasteiger partial charge >= 0.3 is 23.9 Å². The van der Waals surface area contributed by atoms with E-state index >= 15 is 0 Å². The number of carbonyl (C=O) groups is 4. The van der Waals surface area contributed by atoms with Gasteiger partial charge in [0.2, 0.25) is 0 Å². The van der Waals surface area contributed by atoms with Crippen molar-refractivity contribution in [2.45, 2.75) is 66.2 Å². The fraction of sp³-hybridized carbons (Fsp3) is 0.333. The molecule has 0 atom stereocenters. The number of hydrogen-bond acceptors (Lipinski definition) is 10. The predicted molar refractivity (Wildman–Crippen MR) is 208 cm³/mol. The van der Waals surface area contributed by atoms with Gasteiger partial charge in [0.1, 0.15) is 0 Å². The number of allylic oxidation sites excluding steroid dienone is 6. The number of nitrogens with one attached hydrogen (secondary N) is 2. The standard InChI is InChI=1S/C42H46N4O8/c1-23-27(11-9-13-39(47)51-5)35-20-33-24(2)28(12-10-14-40(48)52-6)36(45-33)21-34-26(4)30(16-18-42(50)54-8)38(46-34)22-37-29(15-17-41(49)53-7)25(3)32(44-37)19-31(23)43-35/h9-10,13-14,19-22,44,46H,11-12,15-18H2,1-8H3/b13-9-,14-10-,31-19?,32-19?,33-20?,34-21?,35-20?,36-21?,37-22?,38-22?. The zero-order valence-corrected chi connectivity index (χ0v) is 32.0. The van der Waals surface area contributed by atoms with Crippen LogP contribution in [0.3, 0.4) is 0 Å². The molecule has 282 valence electrons. The molecule has 0 radical (unpaired) electrons. The Bertz CT molecular complexity index is 2300. The molecular weight excluding hydrogens is 688 g/mol. The number of ether oxygens (including phenoxy) is 4. The molecule has 5 heterocycles. The van der Waals surface area contributed by atoms with Gasteiger partial charge in [-0.2, -0.15) is 0 Å². The van der Waals surface area contributed by atoms with Crippen LogP contribution in [0.5, 0.6) is 0 Å². The van der Waals surface area contributed by atoms with Crippen LogP contribution in [-0.4, -0.2) is 72.3 Å². The molecule has 0 spiro atoms. The number of H-pyrrole nitrogens is 2. The zero-order valence-electron chi connectivity index (χ0n) is 32.0. The van der Waals surface area contributed by atoms with Crippen LogP contribution in [0.2, 0.25) is 0 Å². The highest BCUT2D eigenvalue weighted by Crippen LogP contribution is 2.37. The largest absolute Gasteiger partial charge is 0.469 e. The van der Waals surface area contributed by atoms with Crippen LogP contribution in [0.4, 0.5) is 0 Å². The molecule has 0 aromatic carbocycles. The van der Waals surface area contributed by atoms with Gasteiger partial charge in [0, 0.05) is 47.1 Å². The number of esters is 4. The van der Waals surface area contributed by atoms with Crippen molar-refractivity contribution in [3.63, 3.8) is 0 Å². The van der Waals surface area contributed by atoms with Crippen molar-refractivity contribution in [2.24, 2.45) is 0 Å². The first-order valence-electron chi connectivity index (χ1n) is 17.7. The summed E-state index contributed by atoms with van der Waals surface area (Å²) in [5, 5.41) is 0. The molecule has 8 bridgehead atoms. The van der Waals surface area contributed by atoms with E-state index in [0.717, 1.165) is 72.3 Å². The Morgan fingerprint density at radius 2 is 0.963 bits per heavy atom. The lowest BCUT2D eigenvalue weighted by Crippen LogP contribution is -2.02. The average Bonchev–Trinajstić information content (AvgIpc) is 3.82. The minimum Gasteiger partial charge on any atom is -0.469 e. The van der Waals surface area contributed by atoms with Crippen LogP contribution < -0.4 is 0 Å². The SMILES string of the molecule is COC(=O)/C=C\CC1=C(C)c2cc3[nH]c(cc4[nH]c(cc5nc(cc1n2)C(C)=C5C/C=C\C(=O)OC)c(C)c4CCC(=O)OC)c(CCC(=O)OC)c3C. The summed E-state index contributed by atoms with van der Waals surface area (Å²) in [6, 6.07) is 7.95. The van der Waals surface area contributed by atoms with Gasteiger partial charge in [-0.05, 0) is 122 Å². The first-order valence-corrected chi connectivity index (χ1v) is 17.7. The number of aryl methyl sites for hydroxylation is 4. The summed E-state index contributed by atoms with van der Waals surface area (Å²) in [6.07, 6.45) is 8.38. The maximum atomic E-state index is 12.3. The summed E-state index contributed by atoms with van der Waals surface area (Å²) in [5.74, 6) is -1.54. The molecule has 3 aromatic rings. The Morgan fingerprint density at radius 1 is 0.556 bits per heavy atom. The second kappa shape index (κ2) is 17.2. The third-order valence-electron chi connectivity index (χ3n) is 9.97. The molecular formula is C42H46N4O8. The second-order valence-electron chi connectivity index (χ2n) is 13.1. The van der Waals surface area contributed by atoms with Gasteiger partial charge in [-0.25, -0.2) is 19.6 Å². The number of nitrogens with zero attached hydrogens (tertiary/aromatic N) is 2. The monoisotopic (exact) mass is 734 g/mol. The third-order valence-corrected chi connectivity index (χ3v) is 9.97. The van der Waals surface area contributed by atoms with Crippen molar-refractivity contribution in [2.75, 3.05) is 28.4 Å². The van der Waals surface area contributed by atoms with E-state index in [1.807, 2.05) is 52.0 Å². The quantitative estimate of drug-likeness (QED) is 0.110. The lowest BCUT2D eigenvalue weighted by Gasteiger charge is -2.03. The van der Waals surface area contributed by atoms with Crippen LogP contribution in [-0.2, 0) is 51.0 Å².